The molecule has 1 N–H and O–H groups in total. The molecular weight excluding hydrogens is 247 g/mol. The molecule has 1 fully saturated rings. The molecule has 0 aliphatic carbocycles. The fourth-order valence-corrected chi connectivity index (χ4v) is 2.19. The molecule has 0 aromatic heterocycles. The fraction of sp³-hybridized carbons (Fsp3) is 0.750. The monoisotopic (exact) mass is 257 g/mol. The highest BCUT2D eigenvalue weighted by Crippen LogP contribution is 2.20. The Bertz CT molecular complexity index is 420. The zero-order valence-corrected chi connectivity index (χ0v) is 9.14. The third-order valence-electron chi connectivity index (χ3n) is 2.12. The molecule has 1 aliphatic heterocycles. The van der Waals surface area contributed by atoms with E-state index in [0.717, 1.165) is 16.5 Å². The Hall–Kier alpha value is -0.780. The lowest BCUT2D eigenvalue weighted by Gasteiger charge is -2.10. The van der Waals surface area contributed by atoms with Crippen molar-refractivity contribution in [3.63, 3.8) is 0 Å². The van der Waals surface area contributed by atoms with Crippen LogP contribution in [0.15, 0.2) is 0 Å². The Morgan fingerprint density at radius 1 is 1.38 bits per heavy atom. The summed E-state index contributed by atoms with van der Waals surface area (Å²) in [6.45, 7) is -0.418. The first kappa shape index (κ1) is 13.3. The predicted octanol–water partition coefficient (Wildman–Crippen LogP) is -0.196. The first-order valence-electron chi connectivity index (χ1n) is 4.32. The summed E-state index contributed by atoms with van der Waals surface area (Å²) in [5, 5.41) is 9.34. The van der Waals surface area contributed by atoms with Crippen molar-refractivity contribution in [3.8, 4) is 11.8 Å². The van der Waals surface area contributed by atoms with Crippen molar-refractivity contribution in [1.29, 1.82) is 0 Å². The van der Waals surface area contributed by atoms with E-state index in [1.165, 1.54) is 0 Å². The molecule has 0 saturated carbocycles. The second-order valence-electron chi connectivity index (χ2n) is 3.52. The number of halogens is 3. The highest BCUT2D eigenvalue weighted by atomic mass is 32.2. The maximum Gasteiger partial charge on any atom is 0.457 e. The SMILES string of the molecule is CS(=O)(=O)N1C[C@@H](O)[C@H](C#CC(F)(F)F)C1. The van der Waals surface area contributed by atoms with Gasteiger partial charge in [-0.15, -0.1) is 0 Å². The lowest BCUT2D eigenvalue weighted by molar-refractivity contribution is -0.0698. The number of hydrogen-bond acceptors (Lipinski definition) is 3. The van der Waals surface area contributed by atoms with E-state index in [0.29, 0.717) is 0 Å². The molecule has 0 bridgehead atoms. The van der Waals surface area contributed by atoms with Crippen molar-refractivity contribution in [2.24, 2.45) is 5.92 Å². The van der Waals surface area contributed by atoms with Gasteiger partial charge in [0.05, 0.1) is 18.3 Å². The van der Waals surface area contributed by atoms with Gasteiger partial charge in [-0.2, -0.15) is 17.5 Å². The smallest absolute Gasteiger partial charge is 0.390 e. The van der Waals surface area contributed by atoms with Gasteiger partial charge in [0.15, 0.2) is 0 Å². The first-order chi connectivity index (χ1) is 7.09. The minimum atomic E-state index is -4.63. The van der Waals surface area contributed by atoms with Gasteiger partial charge in [0, 0.05) is 19.0 Å². The Balaban J connectivity index is 2.76. The molecule has 0 spiro atoms. The lowest BCUT2D eigenvalue weighted by Crippen LogP contribution is -2.28. The van der Waals surface area contributed by atoms with Gasteiger partial charge in [0.1, 0.15) is 0 Å². The van der Waals surface area contributed by atoms with Crippen LogP contribution in [0.3, 0.4) is 0 Å². The van der Waals surface area contributed by atoms with Crippen LogP contribution in [0.2, 0.25) is 0 Å². The number of sulfonamides is 1. The Morgan fingerprint density at radius 2 is 1.94 bits per heavy atom. The van der Waals surface area contributed by atoms with Crippen LogP contribution in [-0.2, 0) is 10.0 Å². The Labute approximate surface area is 91.1 Å². The van der Waals surface area contributed by atoms with Crippen molar-refractivity contribution >= 4 is 10.0 Å². The van der Waals surface area contributed by atoms with E-state index in [9.17, 15) is 26.7 Å². The summed E-state index contributed by atoms with van der Waals surface area (Å²) in [5.74, 6) is 1.89. The Kier molecular flexibility index (Phi) is 3.52. The normalized spacial score (nSPS) is 27.6. The number of aliphatic hydroxyl groups excluding tert-OH is 1. The first-order valence-corrected chi connectivity index (χ1v) is 6.17. The molecule has 16 heavy (non-hydrogen) atoms. The molecule has 1 heterocycles. The fourth-order valence-electron chi connectivity index (χ4n) is 1.34. The van der Waals surface area contributed by atoms with Gasteiger partial charge in [-0.25, -0.2) is 8.42 Å². The molecule has 8 heteroatoms. The summed E-state index contributed by atoms with van der Waals surface area (Å²) in [6.07, 6.45) is -4.87. The van der Waals surface area contributed by atoms with Crippen molar-refractivity contribution in [1.82, 2.24) is 4.31 Å². The zero-order valence-electron chi connectivity index (χ0n) is 8.32. The van der Waals surface area contributed by atoms with E-state index in [-0.39, 0.29) is 13.1 Å². The van der Waals surface area contributed by atoms with Crippen LogP contribution in [0.4, 0.5) is 13.2 Å². The molecular formula is C8H10F3NO3S. The molecule has 0 aromatic carbocycles. The molecule has 0 radical (unpaired) electrons. The zero-order chi connectivity index (χ0) is 12.6. The molecule has 2 atom stereocenters. The van der Waals surface area contributed by atoms with Crippen molar-refractivity contribution in [2.45, 2.75) is 12.3 Å². The number of hydrogen-bond donors (Lipinski definition) is 1. The molecule has 0 aromatic rings. The van der Waals surface area contributed by atoms with E-state index in [1.807, 2.05) is 5.92 Å². The van der Waals surface area contributed by atoms with Crippen molar-refractivity contribution in [3.05, 3.63) is 0 Å². The van der Waals surface area contributed by atoms with E-state index in [4.69, 9.17) is 0 Å². The van der Waals surface area contributed by atoms with E-state index in [1.54, 1.807) is 0 Å². The largest absolute Gasteiger partial charge is 0.457 e. The number of aliphatic hydroxyl groups is 1. The number of alkyl halides is 3. The molecule has 92 valence electrons. The molecule has 0 unspecified atom stereocenters. The van der Waals surface area contributed by atoms with Gasteiger partial charge in [-0.05, 0) is 0 Å². The number of β-amino-alcohol motifs (C(OH)–C–C–N with tert-alkyl or cyclic N) is 1. The third-order valence-corrected chi connectivity index (χ3v) is 3.36. The van der Waals surface area contributed by atoms with Crippen LogP contribution >= 0.6 is 0 Å². The van der Waals surface area contributed by atoms with Crippen LogP contribution in [0, 0.1) is 17.8 Å². The summed E-state index contributed by atoms with van der Waals surface area (Å²) in [6, 6.07) is 0. The van der Waals surface area contributed by atoms with Crippen molar-refractivity contribution in [2.75, 3.05) is 19.3 Å². The summed E-state index contributed by atoms with van der Waals surface area (Å²) in [5.41, 5.74) is 0. The second-order valence-corrected chi connectivity index (χ2v) is 5.50. The van der Waals surface area contributed by atoms with Crippen LogP contribution in [0.1, 0.15) is 0 Å². The average Bonchev–Trinajstić information content (AvgIpc) is 2.41. The topological polar surface area (TPSA) is 57.6 Å². The summed E-state index contributed by atoms with van der Waals surface area (Å²) < 4.78 is 58.4. The minimum absolute atomic E-state index is 0.205. The van der Waals surface area contributed by atoms with Crippen LogP contribution < -0.4 is 0 Å². The van der Waals surface area contributed by atoms with Crippen LogP contribution in [0.25, 0.3) is 0 Å². The van der Waals surface area contributed by atoms with Crippen molar-refractivity contribution < 1.29 is 26.7 Å². The number of rotatable bonds is 1. The van der Waals surface area contributed by atoms with Gasteiger partial charge >= 0.3 is 6.18 Å². The van der Waals surface area contributed by atoms with Crippen LogP contribution in [-0.4, -0.2) is 49.5 Å². The quantitative estimate of drug-likeness (QED) is 0.662. The van der Waals surface area contributed by atoms with Gasteiger partial charge < -0.3 is 5.11 Å². The maximum atomic E-state index is 11.8. The average molecular weight is 257 g/mol. The summed E-state index contributed by atoms with van der Waals surface area (Å²) in [7, 11) is -3.50. The summed E-state index contributed by atoms with van der Waals surface area (Å²) >= 11 is 0. The number of nitrogens with zero attached hydrogens (tertiary/aromatic N) is 1. The van der Waals surface area contributed by atoms with Gasteiger partial charge in [-0.1, -0.05) is 5.92 Å². The predicted molar refractivity (Wildman–Crippen MR) is 49.7 cm³/mol. The third kappa shape index (κ3) is 3.66. The molecule has 4 nitrogen and oxygen atoms in total. The van der Waals surface area contributed by atoms with Gasteiger partial charge in [0.25, 0.3) is 0 Å². The van der Waals surface area contributed by atoms with E-state index >= 15 is 0 Å². The van der Waals surface area contributed by atoms with E-state index in [2.05, 4.69) is 0 Å². The highest BCUT2D eigenvalue weighted by molar-refractivity contribution is 7.88. The van der Waals surface area contributed by atoms with Crippen LogP contribution in [0.5, 0.6) is 0 Å². The second kappa shape index (κ2) is 4.24. The maximum absolute atomic E-state index is 11.8. The van der Waals surface area contributed by atoms with Gasteiger partial charge in [0.2, 0.25) is 10.0 Å². The Morgan fingerprint density at radius 3 is 2.31 bits per heavy atom. The summed E-state index contributed by atoms with van der Waals surface area (Å²) in [4.78, 5) is 0. The molecule has 1 aliphatic rings. The minimum Gasteiger partial charge on any atom is -0.390 e. The van der Waals surface area contributed by atoms with Gasteiger partial charge in [-0.3, -0.25) is 0 Å². The standard InChI is InChI=1S/C8H10F3NO3S/c1-16(14,15)12-4-6(7(13)5-12)2-3-8(9,10)11/h6-7,13H,4-5H2,1H3/t6-,7-/m1/s1. The lowest BCUT2D eigenvalue weighted by atomic mass is 10.1. The molecule has 1 saturated heterocycles. The molecule has 1 rings (SSSR count). The highest BCUT2D eigenvalue weighted by Gasteiger charge is 2.35. The van der Waals surface area contributed by atoms with E-state index < -0.39 is 28.2 Å². The molecule has 0 amide bonds.